The first-order chi connectivity index (χ1) is 7.61. The molecule has 6 heteroatoms. The van der Waals surface area contributed by atoms with Gasteiger partial charge in [-0.3, -0.25) is 14.6 Å². The minimum atomic E-state index is -2.70. The fourth-order valence-corrected chi connectivity index (χ4v) is 1.37. The van der Waals surface area contributed by atoms with Crippen molar-refractivity contribution in [1.29, 1.82) is 0 Å². The number of rotatable bonds is 4. The maximum Gasteiger partial charge on any atom is 0.277 e. The smallest absolute Gasteiger partial charge is 0.277 e. The van der Waals surface area contributed by atoms with Crippen LogP contribution in [0.4, 0.5) is 0 Å². The number of hydroxylamine groups is 2. The molecule has 1 amide bonds. The Bertz CT molecular complexity index is 405. The average Bonchev–Trinajstić information content (AvgIpc) is 2.28. The van der Waals surface area contributed by atoms with Gasteiger partial charge in [-0.25, -0.2) is 5.06 Å². The molecule has 1 aromatic carbocycles. The molecule has 0 saturated heterocycles. The Morgan fingerprint density at radius 2 is 2.00 bits per heavy atom. The molecule has 2 N–H and O–H groups in total. The van der Waals surface area contributed by atoms with Crippen molar-refractivity contribution in [2.75, 3.05) is 6.54 Å². The second-order valence-corrected chi connectivity index (χ2v) is 4.00. The first-order valence-electron chi connectivity index (χ1n) is 4.56. The largest absolute Gasteiger partial charge is 0.344 e. The lowest BCUT2D eigenvalue weighted by Crippen LogP contribution is -2.27. The van der Waals surface area contributed by atoms with Gasteiger partial charge >= 0.3 is 0 Å². The fraction of sp³-hybridized carbons (Fsp3) is 0.100. The van der Waals surface area contributed by atoms with Crippen molar-refractivity contribution < 1.29 is 19.5 Å². The third kappa shape index (κ3) is 3.98. The van der Waals surface area contributed by atoms with Crippen LogP contribution < -0.4 is 0 Å². The van der Waals surface area contributed by atoms with Crippen LogP contribution in [-0.4, -0.2) is 27.6 Å². The highest BCUT2D eigenvalue weighted by atomic mass is 31.1. The van der Waals surface area contributed by atoms with Gasteiger partial charge < -0.3 is 4.89 Å². The van der Waals surface area contributed by atoms with Gasteiger partial charge in [0.25, 0.3) is 5.91 Å². The minimum absolute atomic E-state index is 0.120. The Labute approximate surface area is 93.5 Å². The first-order valence-corrected chi connectivity index (χ1v) is 6.00. The van der Waals surface area contributed by atoms with E-state index in [2.05, 4.69) is 0 Å². The van der Waals surface area contributed by atoms with E-state index in [0.29, 0.717) is 10.6 Å². The molecule has 0 fully saturated rings. The van der Waals surface area contributed by atoms with Crippen LogP contribution in [-0.2, 0) is 4.57 Å². The predicted molar refractivity (Wildman–Crippen MR) is 59.6 cm³/mol. The Morgan fingerprint density at radius 1 is 1.38 bits per heavy atom. The van der Waals surface area contributed by atoms with E-state index >= 15 is 0 Å². The third-order valence-electron chi connectivity index (χ3n) is 1.79. The molecule has 0 heterocycles. The summed E-state index contributed by atoms with van der Waals surface area (Å²) in [6.07, 6.45) is 1.27. The zero-order valence-corrected chi connectivity index (χ0v) is 9.41. The van der Waals surface area contributed by atoms with E-state index in [0.717, 1.165) is 5.82 Å². The zero-order chi connectivity index (χ0) is 12.0. The Hall–Kier alpha value is -1.42. The highest BCUT2D eigenvalue weighted by Gasteiger charge is 2.10. The summed E-state index contributed by atoms with van der Waals surface area (Å²) in [4.78, 5) is 20.0. The van der Waals surface area contributed by atoms with Gasteiger partial charge in [-0.15, -0.1) is 0 Å². The van der Waals surface area contributed by atoms with Crippen molar-refractivity contribution in [2.24, 2.45) is 0 Å². The maximum absolute atomic E-state index is 11.5. The van der Waals surface area contributed by atoms with E-state index in [1.54, 1.807) is 30.3 Å². The molecule has 1 unspecified atom stereocenters. The van der Waals surface area contributed by atoms with Gasteiger partial charge in [0.15, 0.2) is 0 Å². The summed E-state index contributed by atoms with van der Waals surface area (Å²) in [6.45, 7) is -0.120. The summed E-state index contributed by atoms with van der Waals surface area (Å²) < 4.78 is 10.3. The van der Waals surface area contributed by atoms with E-state index in [-0.39, 0.29) is 6.54 Å². The molecule has 0 spiro atoms. The lowest BCUT2D eigenvalue weighted by Gasteiger charge is -2.12. The van der Waals surface area contributed by atoms with Gasteiger partial charge in [-0.2, -0.15) is 0 Å². The average molecular weight is 241 g/mol. The van der Waals surface area contributed by atoms with Crippen LogP contribution in [0.15, 0.2) is 42.2 Å². The lowest BCUT2D eigenvalue weighted by molar-refractivity contribution is -0.0494. The summed E-state index contributed by atoms with van der Waals surface area (Å²) in [5.41, 5.74) is 0.357. The molecule has 16 heavy (non-hydrogen) atoms. The molecule has 0 radical (unpaired) electrons. The predicted octanol–water partition coefficient (Wildman–Crippen LogP) is 1.50. The number of benzene rings is 1. The van der Waals surface area contributed by atoms with Crippen LogP contribution >= 0.6 is 8.03 Å². The monoisotopic (exact) mass is 241 g/mol. The van der Waals surface area contributed by atoms with E-state index < -0.39 is 13.9 Å². The summed E-state index contributed by atoms with van der Waals surface area (Å²) in [7, 11) is -2.70. The summed E-state index contributed by atoms with van der Waals surface area (Å²) >= 11 is 0. The van der Waals surface area contributed by atoms with Crippen LogP contribution in [0.3, 0.4) is 0 Å². The van der Waals surface area contributed by atoms with Gasteiger partial charge in [0.05, 0.1) is 6.54 Å². The molecular formula is C10H12NO4P. The van der Waals surface area contributed by atoms with Crippen LogP contribution in [0.2, 0.25) is 0 Å². The summed E-state index contributed by atoms with van der Waals surface area (Å²) in [5, 5.41) is 9.83. The van der Waals surface area contributed by atoms with Gasteiger partial charge in [-0.05, 0) is 17.9 Å². The topological polar surface area (TPSA) is 77.8 Å². The quantitative estimate of drug-likeness (QED) is 0.475. The van der Waals surface area contributed by atoms with Crippen LogP contribution in [0, 0.1) is 0 Å². The molecule has 0 aliphatic rings. The molecule has 86 valence electrons. The highest BCUT2D eigenvalue weighted by Crippen LogP contribution is 2.13. The number of hydrogen-bond donors (Lipinski definition) is 2. The van der Waals surface area contributed by atoms with Crippen molar-refractivity contribution in [1.82, 2.24) is 5.06 Å². The highest BCUT2D eigenvalue weighted by molar-refractivity contribution is 7.41. The number of nitrogens with zero attached hydrogens (tertiary/aromatic N) is 1. The van der Waals surface area contributed by atoms with E-state index in [1.165, 1.54) is 6.08 Å². The molecule has 0 saturated carbocycles. The number of carbonyl (C=O) groups is 1. The molecule has 0 aliphatic carbocycles. The van der Waals surface area contributed by atoms with E-state index in [1.807, 2.05) is 0 Å². The van der Waals surface area contributed by atoms with Crippen molar-refractivity contribution >= 4 is 13.9 Å². The van der Waals surface area contributed by atoms with Crippen LogP contribution in [0.25, 0.3) is 0 Å². The summed E-state index contributed by atoms with van der Waals surface area (Å²) in [6, 6.07) is 8.28. The molecule has 1 atom stereocenters. The third-order valence-corrected chi connectivity index (χ3v) is 2.31. The molecule has 1 aromatic rings. The van der Waals surface area contributed by atoms with Crippen molar-refractivity contribution in [3.05, 3.63) is 47.8 Å². The maximum atomic E-state index is 11.5. The minimum Gasteiger partial charge on any atom is -0.344 e. The Kier molecular flexibility index (Phi) is 4.92. The van der Waals surface area contributed by atoms with Gasteiger partial charge in [0, 0.05) is 5.56 Å². The fourth-order valence-electron chi connectivity index (χ4n) is 1.07. The Morgan fingerprint density at radius 3 is 2.56 bits per heavy atom. The normalized spacial score (nSPS) is 12.6. The lowest BCUT2D eigenvalue weighted by atomic mass is 10.2. The molecule has 0 bridgehead atoms. The Balaban J connectivity index is 2.58. The summed E-state index contributed by atoms with van der Waals surface area (Å²) in [5.74, 6) is 0.495. The standard InChI is InChI=1S/C10H12NO4P/c12-10(9-5-2-1-3-6-9)11(13)7-4-8-16(14)15/h1-6,8,13,16H,7H2,(H,14,15)/b8-4+. The van der Waals surface area contributed by atoms with Gasteiger partial charge in [0.1, 0.15) is 0 Å². The van der Waals surface area contributed by atoms with E-state index in [9.17, 15) is 14.6 Å². The second-order valence-electron chi connectivity index (χ2n) is 2.99. The SMILES string of the molecule is O=C(c1ccccc1)N(O)C/C=C/[PH](=O)O. The molecule has 0 aromatic heterocycles. The molecule has 5 nitrogen and oxygen atoms in total. The van der Waals surface area contributed by atoms with E-state index in [4.69, 9.17) is 4.89 Å². The van der Waals surface area contributed by atoms with Crippen molar-refractivity contribution in [3.63, 3.8) is 0 Å². The molecular weight excluding hydrogens is 229 g/mol. The number of carbonyl (C=O) groups excluding carboxylic acids is 1. The number of amides is 1. The van der Waals surface area contributed by atoms with Crippen LogP contribution in [0.5, 0.6) is 0 Å². The van der Waals surface area contributed by atoms with Gasteiger partial charge in [-0.1, -0.05) is 24.3 Å². The first kappa shape index (κ1) is 12.6. The molecule has 1 rings (SSSR count). The molecule has 0 aliphatic heterocycles. The van der Waals surface area contributed by atoms with Crippen molar-refractivity contribution in [2.45, 2.75) is 0 Å². The van der Waals surface area contributed by atoms with Gasteiger partial charge in [0.2, 0.25) is 8.03 Å². The number of hydrogen-bond acceptors (Lipinski definition) is 3. The van der Waals surface area contributed by atoms with Crippen molar-refractivity contribution in [3.8, 4) is 0 Å². The van der Waals surface area contributed by atoms with Crippen LogP contribution in [0.1, 0.15) is 10.4 Å². The zero-order valence-electron chi connectivity index (χ0n) is 8.41. The second kappa shape index (κ2) is 6.23.